The van der Waals surface area contributed by atoms with E-state index in [0.29, 0.717) is 25.2 Å². The topological polar surface area (TPSA) is 67.4 Å². The average molecular weight is 391 g/mol. The first-order chi connectivity index (χ1) is 13.7. The minimum Gasteiger partial charge on any atom is -0.490 e. The van der Waals surface area contributed by atoms with E-state index in [2.05, 4.69) is 36.3 Å². The molecule has 0 aliphatic carbocycles. The predicted molar refractivity (Wildman–Crippen MR) is 113 cm³/mol. The Labute approximate surface area is 168 Å². The van der Waals surface area contributed by atoms with Crippen LogP contribution in [0.25, 0.3) is 0 Å². The van der Waals surface area contributed by atoms with Gasteiger partial charge in [0.1, 0.15) is 0 Å². The first-order valence-corrected chi connectivity index (χ1v) is 10.4. The maximum absolute atomic E-state index is 5.80. The highest BCUT2D eigenvalue weighted by Gasteiger charge is 2.23. The Morgan fingerprint density at radius 2 is 1.86 bits per heavy atom. The lowest BCUT2D eigenvalue weighted by Crippen LogP contribution is -2.48. The monoisotopic (exact) mass is 390 g/mol. The molecule has 0 bridgehead atoms. The van der Waals surface area contributed by atoms with Crippen molar-refractivity contribution in [3.63, 3.8) is 0 Å². The van der Waals surface area contributed by atoms with E-state index in [1.54, 1.807) is 0 Å². The number of nitrogens with zero attached hydrogens (tertiary/aromatic N) is 2. The number of aliphatic imine (C=N–C) groups is 1. The van der Waals surface area contributed by atoms with Crippen molar-refractivity contribution in [3.05, 3.63) is 18.2 Å². The molecule has 2 aliphatic rings. The molecule has 7 heteroatoms. The van der Waals surface area contributed by atoms with E-state index in [0.717, 1.165) is 69.0 Å². The number of morpholine rings is 1. The summed E-state index contributed by atoms with van der Waals surface area (Å²) >= 11 is 0. The highest BCUT2D eigenvalue weighted by Crippen LogP contribution is 2.32. The fourth-order valence-corrected chi connectivity index (χ4v) is 3.53. The summed E-state index contributed by atoms with van der Waals surface area (Å²) in [5.41, 5.74) is 0.941. The second-order valence-corrected chi connectivity index (χ2v) is 7.52. The van der Waals surface area contributed by atoms with Gasteiger partial charge in [-0.25, -0.2) is 0 Å². The van der Waals surface area contributed by atoms with Crippen LogP contribution in [0.5, 0.6) is 11.5 Å². The maximum atomic E-state index is 5.80. The van der Waals surface area contributed by atoms with Crippen LogP contribution in [0.3, 0.4) is 0 Å². The summed E-state index contributed by atoms with van der Waals surface area (Å²) in [6, 6.07) is 6.35. The fourth-order valence-electron chi connectivity index (χ4n) is 3.53. The van der Waals surface area contributed by atoms with Crippen LogP contribution in [0.4, 0.5) is 5.69 Å². The van der Waals surface area contributed by atoms with Crippen LogP contribution in [0.15, 0.2) is 23.2 Å². The molecule has 1 aromatic rings. The molecule has 1 aromatic carbocycles. The molecule has 2 heterocycles. The van der Waals surface area contributed by atoms with Gasteiger partial charge >= 0.3 is 0 Å². The van der Waals surface area contributed by atoms with Crippen LogP contribution < -0.4 is 20.1 Å². The van der Waals surface area contributed by atoms with Crippen molar-refractivity contribution in [3.8, 4) is 11.5 Å². The molecular weight excluding hydrogens is 356 g/mol. The van der Waals surface area contributed by atoms with E-state index in [1.807, 2.05) is 18.2 Å². The highest BCUT2D eigenvalue weighted by molar-refractivity contribution is 5.93. The van der Waals surface area contributed by atoms with Gasteiger partial charge in [0.05, 0.1) is 33.0 Å². The summed E-state index contributed by atoms with van der Waals surface area (Å²) in [6.07, 6.45) is 0.902. The molecule has 0 saturated carbocycles. The van der Waals surface area contributed by atoms with Crippen LogP contribution in [0.1, 0.15) is 27.2 Å². The number of hydrogen-bond donors (Lipinski definition) is 2. The maximum Gasteiger partial charge on any atom is 0.195 e. The number of hydrogen-bond acceptors (Lipinski definition) is 5. The normalized spacial score (nSPS) is 19.2. The molecule has 2 N–H and O–H groups in total. The van der Waals surface area contributed by atoms with Gasteiger partial charge in [0.25, 0.3) is 0 Å². The average Bonchev–Trinajstić information content (AvgIpc) is 2.94. The lowest BCUT2D eigenvalue weighted by molar-refractivity contribution is 0.00869. The van der Waals surface area contributed by atoms with Crippen molar-refractivity contribution in [1.82, 2.24) is 10.2 Å². The summed E-state index contributed by atoms with van der Waals surface area (Å²) in [6.45, 7) is 13.1. The standard InChI is InChI=1S/C21H34N4O3/c1-4-22-21(23-15-18(16(2)3)25-8-12-26-13-9-25)24-17-6-7-19-20(14-17)28-11-5-10-27-19/h6-7,14,16,18H,4-5,8-13,15H2,1-3H3,(H2,22,23,24). The summed E-state index contributed by atoms with van der Waals surface area (Å²) in [7, 11) is 0. The number of nitrogens with one attached hydrogen (secondary N) is 2. The third kappa shape index (κ3) is 5.75. The molecule has 0 spiro atoms. The van der Waals surface area contributed by atoms with Gasteiger partial charge in [-0.05, 0) is 25.0 Å². The van der Waals surface area contributed by atoms with Gasteiger partial charge in [-0.2, -0.15) is 0 Å². The van der Waals surface area contributed by atoms with Gasteiger partial charge in [-0.1, -0.05) is 13.8 Å². The van der Waals surface area contributed by atoms with Crippen molar-refractivity contribution in [2.24, 2.45) is 10.9 Å². The number of anilines is 1. The lowest BCUT2D eigenvalue weighted by Gasteiger charge is -2.36. The van der Waals surface area contributed by atoms with E-state index in [9.17, 15) is 0 Å². The smallest absolute Gasteiger partial charge is 0.195 e. The van der Waals surface area contributed by atoms with Gasteiger partial charge in [0, 0.05) is 43.9 Å². The molecule has 0 radical (unpaired) electrons. The Bertz CT molecular complexity index is 645. The molecule has 1 fully saturated rings. The Hall–Kier alpha value is -1.99. The molecule has 1 unspecified atom stereocenters. The van der Waals surface area contributed by atoms with Crippen molar-refractivity contribution >= 4 is 11.6 Å². The third-order valence-corrected chi connectivity index (χ3v) is 5.08. The fraction of sp³-hybridized carbons (Fsp3) is 0.667. The lowest BCUT2D eigenvalue weighted by atomic mass is 10.0. The number of benzene rings is 1. The quantitative estimate of drug-likeness (QED) is 0.575. The van der Waals surface area contributed by atoms with Gasteiger partial charge in [0.15, 0.2) is 17.5 Å². The Morgan fingerprint density at radius 1 is 1.11 bits per heavy atom. The Kier molecular flexibility index (Phi) is 7.80. The molecule has 1 saturated heterocycles. The molecule has 156 valence electrons. The second-order valence-electron chi connectivity index (χ2n) is 7.52. The first-order valence-electron chi connectivity index (χ1n) is 10.4. The minimum absolute atomic E-state index is 0.406. The van der Waals surface area contributed by atoms with Gasteiger partial charge in [-0.3, -0.25) is 9.89 Å². The van der Waals surface area contributed by atoms with Gasteiger partial charge in [0.2, 0.25) is 0 Å². The van der Waals surface area contributed by atoms with E-state index < -0.39 is 0 Å². The number of ether oxygens (including phenoxy) is 3. The van der Waals surface area contributed by atoms with Crippen LogP contribution >= 0.6 is 0 Å². The van der Waals surface area contributed by atoms with Crippen LogP contribution in [0, 0.1) is 5.92 Å². The summed E-state index contributed by atoms with van der Waals surface area (Å²) in [4.78, 5) is 7.37. The van der Waals surface area contributed by atoms with Crippen LogP contribution in [-0.4, -0.2) is 69.5 Å². The van der Waals surface area contributed by atoms with Crippen molar-refractivity contribution in [2.75, 3.05) is 57.9 Å². The zero-order valence-electron chi connectivity index (χ0n) is 17.4. The SMILES string of the molecule is CCNC(=NCC(C(C)C)N1CCOCC1)Nc1ccc2c(c1)OCCCO2. The van der Waals surface area contributed by atoms with E-state index >= 15 is 0 Å². The molecule has 0 amide bonds. The number of fused-ring (bicyclic) bond motifs is 1. The van der Waals surface area contributed by atoms with Gasteiger partial charge in [-0.15, -0.1) is 0 Å². The van der Waals surface area contributed by atoms with Crippen molar-refractivity contribution < 1.29 is 14.2 Å². The van der Waals surface area contributed by atoms with E-state index in [4.69, 9.17) is 19.2 Å². The predicted octanol–water partition coefficient (Wildman–Crippen LogP) is 2.58. The molecular formula is C21H34N4O3. The van der Waals surface area contributed by atoms with Crippen LogP contribution in [0.2, 0.25) is 0 Å². The molecule has 3 rings (SSSR count). The largest absolute Gasteiger partial charge is 0.490 e. The molecule has 2 aliphatic heterocycles. The summed E-state index contributed by atoms with van der Waals surface area (Å²) in [5.74, 6) is 2.91. The third-order valence-electron chi connectivity index (χ3n) is 5.08. The summed E-state index contributed by atoms with van der Waals surface area (Å²) < 4.78 is 17.0. The zero-order chi connectivity index (χ0) is 19.8. The molecule has 7 nitrogen and oxygen atoms in total. The minimum atomic E-state index is 0.406. The van der Waals surface area contributed by atoms with E-state index in [1.165, 1.54) is 0 Å². The Morgan fingerprint density at radius 3 is 2.57 bits per heavy atom. The zero-order valence-corrected chi connectivity index (χ0v) is 17.4. The van der Waals surface area contributed by atoms with E-state index in [-0.39, 0.29) is 0 Å². The van der Waals surface area contributed by atoms with Crippen molar-refractivity contribution in [2.45, 2.75) is 33.2 Å². The molecule has 28 heavy (non-hydrogen) atoms. The Balaban J connectivity index is 1.68. The molecule has 1 atom stereocenters. The number of guanidine groups is 1. The second kappa shape index (κ2) is 10.5. The number of rotatable bonds is 6. The van der Waals surface area contributed by atoms with Crippen LogP contribution in [-0.2, 0) is 4.74 Å². The molecule has 0 aromatic heterocycles. The first kappa shape index (κ1) is 20.7. The highest BCUT2D eigenvalue weighted by atomic mass is 16.5. The van der Waals surface area contributed by atoms with Crippen molar-refractivity contribution in [1.29, 1.82) is 0 Å². The summed E-state index contributed by atoms with van der Waals surface area (Å²) in [5, 5.41) is 6.75. The van der Waals surface area contributed by atoms with Gasteiger partial charge < -0.3 is 24.8 Å².